The molecule has 6 nitrogen and oxygen atoms in total. The number of rotatable bonds is 4. The van der Waals surface area contributed by atoms with E-state index in [1.54, 1.807) is 4.68 Å². The first-order valence-corrected chi connectivity index (χ1v) is 7.05. The third-order valence-electron chi connectivity index (χ3n) is 3.77. The highest BCUT2D eigenvalue weighted by Gasteiger charge is 2.28. The lowest BCUT2D eigenvalue weighted by Gasteiger charge is -2.31. The van der Waals surface area contributed by atoms with Crippen LogP contribution in [0.2, 0.25) is 0 Å². The molecule has 108 valence electrons. The molecule has 0 spiro atoms. The summed E-state index contributed by atoms with van der Waals surface area (Å²) in [7, 11) is 3.86. The second-order valence-corrected chi connectivity index (χ2v) is 5.42. The summed E-state index contributed by atoms with van der Waals surface area (Å²) < 4.78 is 9.61. The normalized spacial score (nSPS) is 22.9. The molecule has 0 saturated carbocycles. The fraction of sp³-hybridized carbons (Fsp3) is 0.571. The Balaban J connectivity index is 1.66. The summed E-state index contributed by atoms with van der Waals surface area (Å²) in [5.74, 6) is 0.466. The Morgan fingerprint density at radius 3 is 2.75 bits per heavy atom. The average Bonchev–Trinajstić information content (AvgIpc) is 3.06. The van der Waals surface area contributed by atoms with E-state index in [0.29, 0.717) is 5.92 Å². The molecule has 1 N–H and O–H groups in total. The quantitative estimate of drug-likeness (QED) is 0.923. The molecule has 0 bridgehead atoms. The molecule has 20 heavy (non-hydrogen) atoms. The van der Waals surface area contributed by atoms with Crippen molar-refractivity contribution in [2.24, 2.45) is 20.0 Å². The largest absolute Gasteiger partial charge is 0.382 e. The molecule has 2 aromatic heterocycles. The molecule has 1 saturated heterocycles. The first kappa shape index (κ1) is 13.2. The lowest BCUT2D eigenvalue weighted by atomic mass is 9.91. The zero-order valence-corrected chi connectivity index (χ0v) is 12.0. The van der Waals surface area contributed by atoms with Crippen LogP contribution < -0.4 is 5.32 Å². The van der Waals surface area contributed by atoms with Gasteiger partial charge in [0.15, 0.2) is 0 Å². The smallest absolute Gasteiger partial charge is 0.0900 e. The van der Waals surface area contributed by atoms with Crippen LogP contribution in [0.5, 0.6) is 0 Å². The Morgan fingerprint density at radius 1 is 1.25 bits per heavy atom. The molecule has 0 radical (unpaired) electrons. The standard InChI is InChI=1S/C14H21N5O/c1-18-9-12(7-16-18)14-11(4-3-5-20-14)6-15-13-8-17-19(2)10-13/h7-11,14-15H,3-6H2,1-2H3/t11-,14+/m0/s1. The van der Waals surface area contributed by atoms with E-state index in [0.717, 1.165) is 25.3 Å². The number of anilines is 1. The SMILES string of the molecule is Cn1cc(NC[C@@H]2CCCO[C@H]2c2cnn(C)c2)cn1. The van der Waals surface area contributed by atoms with Crippen LogP contribution in [-0.4, -0.2) is 32.7 Å². The van der Waals surface area contributed by atoms with Crippen molar-refractivity contribution < 1.29 is 4.74 Å². The van der Waals surface area contributed by atoms with Crippen LogP contribution in [0.1, 0.15) is 24.5 Å². The predicted molar refractivity (Wildman–Crippen MR) is 76.3 cm³/mol. The molecule has 3 heterocycles. The monoisotopic (exact) mass is 275 g/mol. The third kappa shape index (κ3) is 2.85. The fourth-order valence-electron chi connectivity index (χ4n) is 2.77. The van der Waals surface area contributed by atoms with Crippen LogP contribution in [0.15, 0.2) is 24.8 Å². The highest BCUT2D eigenvalue weighted by atomic mass is 16.5. The van der Waals surface area contributed by atoms with Crippen molar-refractivity contribution >= 4 is 5.69 Å². The minimum Gasteiger partial charge on any atom is -0.382 e. The van der Waals surface area contributed by atoms with Crippen LogP contribution in [0, 0.1) is 5.92 Å². The van der Waals surface area contributed by atoms with E-state index in [1.807, 2.05) is 43.6 Å². The Kier molecular flexibility index (Phi) is 3.73. The molecule has 0 unspecified atom stereocenters. The second-order valence-electron chi connectivity index (χ2n) is 5.42. The molecule has 6 heteroatoms. The number of hydrogen-bond donors (Lipinski definition) is 1. The number of nitrogens with zero attached hydrogens (tertiary/aromatic N) is 4. The van der Waals surface area contributed by atoms with E-state index in [2.05, 4.69) is 15.5 Å². The van der Waals surface area contributed by atoms with E-state index in [4.69, 9.17) is 4.74 Å². The van der Waals surface area contributed by atoms with Crippen LogP contribution in [0.4, 0.5) is 5.69 Å². The van der Waals surface area contributed by atoms with E-state index < -0.39 is 0 Å². The lowest BCUT2D eigenvalue weighted by Crippen LogP contribution is -2.28. The number of nitrogens with one attached hydrogen (secondary N) is 1. The van der Waals surface area contributed by atoms with Crippen LogP contribution in [0.3, 0.4) is 0 Å². The van der Waals surface area contributed by atoms with Gasteiger partial charge in [-0.15, -0.1) is 0 Å². The average molecular weight is 275 g/mol. The predicted octanol–water partition coefficient (Wildman–Crippen LogP) is 1.73. The van der Waals surface area contributed by atoms with Gasteiger partial charge in [0.2, 0.25) is 0 Å². The number of aromatic nitrogens is 4. The summed E-state index contributed by atoms with van der Waals surface area (Å²) in [5.41, 5.74) is 2.23. The first-order valence-electron chi connectivity index (χ1n) is 7.05. The minimum absolute atomic E-state index is 0.140. The van der Waals surface area contributed by atoms with Crippen LogP contribution >= 0.6 is 0 Å². The van der Waals surface area contributed by atoms with Gasteiger partial charge in [-0.1, -0.05) is 0 Å². The highest BCUT2D eigenvalue weighted by molar-refractivity contribution is 5.38. The molecule has 3 rings (SSSR count). The van der Waals surface area contributed by atoms with Crippen molar-refractivity contribution in [1.29, 1.82) is 0 Å². The zero-order valence-electron chi connectivity index (χ0n) is 12.0. The highest BCUT2D eigenvalue weighted by Crippen LogP contribution is 2.33. The number of aryl methyl sites for hydroxylation is 2. The van der Waals surface area contributed by atoms with Crippen molar-refractivity contribution in [3.05, 3.63) is 30.4 Å². The maximum Gasteiger partial charge on any atom is 0.0900 e. The van der Waals surface area contributed by atoms with Crippen molar-refractivity contribution in [2.45, 2.75) is 18.9 Å². The Hall–Kier alpha value is -1.82. The lowest BCUT2D eigenvalue weighted by molar-refractivity contribution is -0.0238. The van der Waals surface area contributed by atoms with E-state index in [-0.39, 0.29) is 6.10 Å². The van der Waals surface area contributed by atoms with Gasteiger partial charge in [-0.2, -0.15) is 10.2 Å². The Labute approximate surface area is 118 Å². The summed E-state index contributed by atoms with van der Waals surface area (Å²) in [6.45, 7) is 1.73. The van der Waals surface area contributed by atoms with Gasteiger partial charge >= 0.3 is 0 Å². The molecule has 0 aliphatic carbocycles. The summed E-state index contributed by atoms with van der Waals surface area (Å²) in [5, 5.41) is 11.9. The van der Waals surface area contributed by atoms with Gasteiger partial charge in [-0.25, -0.2) is 0 Å². The summed E-state index contributed by atoms with van der Waals surface area (Å²) in [4.78, 5) is 0. The molecule has 0 aromatic carbocycles. The van der Waals surface area contributed by atoms with Crippen LogP contribution in [0.25, 0.3) is 0 Å². The molecule has 2 aromatic rings. The summed E-state index contributed by atoms with van der Waals surface area (Å²) >= 11 is 0. The van der Waals surface area contributed by atoms with Crippen LogP contribution in [-0.2, 0) is 18.8 Å². The summed E-state index contributed by atoms with van der Waals surface area (Å²) in [6, 6.07) is 0. The van der Waals surface area contributed by atoms with Gasteiger partial charge < -0.3 is 10.1 Å². The molecular weight excluding hydrogens is 254 g/mol. The van der Waals surface area contributed by atoms with Crippen molar-refractivity contribution in [2.75, 3.05) is 18.5 Å². The van der Waals surface area contributed by atoms with Gasteiger partial charge in [0.1, 0.15) is 0 Å². The summed E-state index contributed by atoms with van der Waals surface area (Å²) in [6.07, 6.45) is 10.2. The number of ether oxygens (including phenoxy) is 1. The van der Waals surface area contributed by atoms with Crippen molar-refractivity contribution in [3.8, 4) is 0 Å². The molecule has 1 aliphatic rings. The molecule has 2 atom stereocenters. The maximum absolute atomic E-state index is 5.97. The minimum atomic E-state index is 0.140. The zero-order chi connectivity index (χ0) is 13.9. The van der Waals surface area contributed by atoms with E-state index >= 15 is 0 Å². The van der Waals surface area contributed by atoms with Crippen molar-refractivity contribution in [1.82, 2.24) is 19.6 Å². The number of hydrogen-bond acceptors (Lipinski definition) is 4. The van der Waals surface area contributed by atoms with E-state index in [9.17, 15) is 0 Å². The van der Waals surface area contributed by atoms with Crippen molar-refractivity contribution in [3.63, 3.8) is 0 Å². The van der Waals surface area contributed by atoms with Gasteiger partial charge in [-0.05, 0) is 12.8 Å². The van der Waals surface area contributed by atoms with Gasteiger partial charge in [0.25, 0.3) is 0 Å². The fourth-order valence-corrected chi connectivity index (χ4v) is 2.77. The second kappa shape index (κ2) is 5.66. The topological polar surface area (TPSA) is 56.9 Å². The molecule has 0 amide bonds. The van der Waals surface area contributed by atoms with Gasteiger partial charge in [0, 0.05) is 51.1 Å². The molecular formula is C14H21N5O. The van der Waals surface area contributed by atoms with Gasteiger partial charge in [-0.3, -0.25) is 9.36 Å². The van der Waals surface area contributed by atoms with Gasteiger partial charge in [0.05, 0.1) is 24.2 Å². The molecule has 1 aliphatic heterocycles. The Morgan fingerprint density at radius 2 is 2.05 bits per heavy atom. The Bertz CT molecular complexity index is 561. The first-order chi connectivity index (χ1) is 9.72. The van der Waals surface area contributed by atoms with E-state index in [1.165, 1.54) is 12.0 Å². The maximum atomic E-state index is 5.97. The third-order valence-corrected chi connectivity index (χ3v) is 3.77. The molecule has 1 fully saturated rings.